The van der Waals surface area contributed by atoms with Crippen molar-refractivity contribution in [1.82, 2.24) is 19.3 Å². The molecular formula is C57H75F6N5O4. The van der Waals surface area contributed by atoms with Crippen molar-refractivity contribution in [2.24, 2.45) is 11.8 Å². The lowest BCUT2D eigenvalue weighted by atomic mass is 9.87. The predicted octanol–water partition coefficient (Wildman–Crippen LogP) is 15.9. The van der Waals surface area contributed by atoms with Crippen molar-refractivity contribution >= 4 is 22.4 Å². The summed E-state index contributed by atoms with van der Waals surface area (Å²) in [6.07, 6.45) is -1.34. The molecule has 6 aromatic rings. The number of nitrogens with zero attached hydrogens (tertiary/aromatic N) is 5. The number of fused-ring (bicyclic) bond motifs is 4. The summed E-state index contributed by atoms with van der Waals surface area (Å²) in [5, 5.41) is 15.1. The van der Waals surface area contributed by atoms with Gasteiger partial charge in [0.2, 0.25) is 0 Å². The molecule has 72 heavy (non-hydrogen) atoms. The number of Topliss-reactive ketones (excluding diaryl/α,β-unsaturated/α-hetero) is 1. The van der Waals surface area contributed by atoms with Gasteiger partial charge < -0.3 is 0 Å². The van der Waals surface area contributed by atoms with Crippen molar-refractivity contribution in [3.8, 4) is 16.8 Å². The van der Waals surface area contributed by atoms with Gasteiger partial charge in [-0.3, -0.25) is 24.0 Å². The molecule has 0 amide bonds. The Kier molecular flexibility index (Phi) is 22.5. The molecule has 394 valence electrons. The van der Waals surface area contributed by atoms with E-state index in [1.807, 2.05) is 126 Å². The average molecular weight is 1010 g/mol. The molecule has 0 bridgehead atoms. The van der Waals surface area contributed by atoms with Gasteiger partial charge in [-0.05, 0) is 142 Å². The van der Waals surface area contributed by atoms with E-state index in [1.165, 1.54) is 25.5 Å². The van der Waals surface area contributed by atoms with E-state index in [1.54, 1.807) is 22.8 Å². The lowest BCUT2D eigenvalue weighted by Gasteiger charge is -2.26. The zero-order valence-electron chi connectivity index (χ0n) is 44.9. The Bertz CT molecular complexity index is 2780. The molecule has 3 atom stereocenters. The fourth-order valence-electron chi connectivity index (χ4n) is 8.51. The van der Waals surface area contributed by atoms with E-state index in [0.717, 1.165) is 49.5 Å². The Labute approximate surface area is 422 Å². The van der Waals surface area contributed by atoms with Crippen LogP contribution >= 0.6 is 0 Å². The van der Waals surface area contributed by atoms with Crippen LogP contribution in [-0.2, 0) is 28.5 Å². The predicted molar refractivity (Wildman–Crippen MR) is 278 cm³/mol. The molecular weight excluding hydrogens is 933 g/mol. The van der Waals surface area contributed by atoms with Gasteiger partial charge in [0.05, 0.1) is 34.9 Å². The fourth-order valence-corrected chi connectivity index (χ4v) is 8.51. The molecule has 1 saturated carbocycles. The molecule has 2 aliphatic rings. The van der Waals surface area contributed by atoms with E-state index in [0.29, 0.717) is 28.0 Å². The van der Waals surface area contributed by atoms with Gasteiger partial charge in [0.15, 0.2) is 5.78 Å². The molecule has 9 nitrogen and oxygen atoms in total. The SMILES string of the molecule is CC.CC.CC.CC(=O)Cn1nc(C(F)F)c2c1C(F)(F)[C@@H]1CC21.CCC.Cc1ccc(-n2c(C(Cc3cc(F)cc(F)c3)C(C)C)nc3cc(-c4cccc(N(O)OC(C)C)c4)ccc3c2=O)c(C)c1C. The standard InChI is InChI=1S/C37H39F2N3O3.C11H10F4N2O.C3H8.3C2H6/c1-21(2)33(17-26-15-29(38)20-30(39)16-26)36-40-34-19-28(27-9-8-10-31(18-27)42(44)45-22(3)4)12-13-32(34)37(43)41(36)35-14-11-23(5)24(6)25(35)7;1-4(18)3-17-9-7(8(16-17)10(12)13)5-2-6(5)11(9,14)15;1-3-2;3*1-2/h8-16,18-22,33,44H,17H2,1-7H3;5-6,10H,2-3H2,1H3;3H2,1-2H3;3*1-2H3/t;5?,6-;;;;/m.1..../s1. The minimum Gasteiger partial charge on any atom is -0.298 e. The summed E-state index contributed by atoms with van der Waals surface area (Å²) >= 11 is 0. The number of hydrogen-bond donors (Lipinski definition) is 1. The van der Waals surface area contributed by atoms with Crippen molar-refractivity contribution in [2.75, 3.05) is 5.23 Å². The van der Waals surface area contributed by atoms with E-state index in [9.17, 15) is 41.1 Å². The quantitative estimate of drug-likeness (QED) is 0.0962. The highest BCUT2D eigenvalue weighted by Crippen LogP contribution is 2.68. The number of aryl methyl sites for hydroxylation is 1. The van der Waals surface area contributed by atoms with Crippen molar-refractivity contribution < 1.29 is 41.2 Å². The summed E-state index contributed by atoms with van der Waals surface area (Å²) in [5.41, 5.74) is 5.63. The van der Waals surface area contributed by atoms with Crippen LogP contribution in [0.25, 0.3) is 27.7 Å². The first kappa shape index (κ1) is 60.5. The molecule has 2 unspecified atom stereocenters. The molecule has 2 heterocycles. The van der Waals surface area contributed by atoms with Crippen LogP contribution < -0.4 is 10.8 Å². The summed E-state index contributed by atoms with van der Waals surface area (Å²) in [5.74, 6) is -6.06. The molecule has 2 aliphatic carbocycles. The van der Waals surface area contributed by atoms with Crippen molar-refractivity contribution in [3.05, 3.63) is 140 Å². The number of rotatable bonds is 12. The summed E-state index contributed by atoms with van der Waals surface area (Å²) in [4.78, 5) is 36.0. The molecule has 4 aromatic carbocycles. The van der Waals surface area contributed by atoms with E-state index in [-0.39, 0.29) is 48.4 Å². The molecule has 2 aromatic heterocycles. The molecule has 0 radical (unpaired) electrons. The van der Waals surface area contributed by atoms with Gasteiger partial charge in [0, 0.05) is 23.5 Å². The summed E-state index contributed by atoms with van der Waals surface area (Å²) in [6, 6.07) is 20.2. The molecule has 1 fully saturated rings. The average Bonchev–Trinajstić information content (AvgIpc) is 4.00. The Balaban J connectivity index is 0.000000418. The molecule has 0 spiro atoms. The van der Waals surface area contributed by atoms with Crippen molar-refractivity contribution in [2.45, 2.75) is 167 Å². The number of benzene rings is 4. The first-order valence-corrected chi connectivity index (χ1v) is 25.2. The number of halogens is 6. The molecule has 8 rings (SSSR count). The normalized spacial score (nSPS) is 15.0. The second kappa shape index (κ2) is 26.8. The van der Waals surface area contributed by atoms with Gasteiger partial charge in [-0.15, -0.1) is 5.23 Å². The number of carbonyl (C=O) groups excluding carboxylic acids is 1. The zero-order chi connectivity index (χ0) is 54.5. The van der Waals surface area contributed by atoms with Crippen LogP contribution in [0.2, 0.25) is 0 Å². The van der Waals surface area contributed by atoms with Crippen LogP contribution in [0.3, 0.4) is 0 Å². The number of hydrogen-bond acceptors (Lipinski definition) is 7. The lowest BCUT2D eigenvalue weighted by Crippen LogP contribution is -2.29. The molecule has 0 aliphatic heterocycles. The maximum Gasteiger partial charge on any atom is 0.293 e. The van der Waals surface area contributed by atoms with Crippen LogP contribution in [0, 0.1) is 44.2 Å². The Morgan fingerprint density at radius 1 is 0.861 bits per heavy atom. The summed E-state index contributed by atoms with van der Waals surface area (Å²) in [7, 11) is 0. The number of anilines is 1. The largest absolute Gasteiger partial charge is 0.298 e. The zero-order valence-corrected chi connectivity index (χ0v) is 44.9. The van der Waals surface area contributed by atoms with Crippen molar-refractivity contribution in [3.63, 3.8) is 0 Å². The van der Waals surface area contributed by atoms with Crippen LogP contribution in [0.1, 0.15) is 166 Å². The monoisotopic (exact) mass is 1010 g/mol. The Morgan fingerprint density at radius 3 is 2.01 bits per heavy atom. The van der Waals surface area contributed by atoms with Gasteiger partial charge in [-0.1, -0.05) is 99.9 Å². The van der Waals surface area contributed by atoms with Gasteiger partial charge in [0.1, 0.15) is 28.8 Å². The van der Waals surface area contributed by atoms with E-state index >= 15 is 0 Å². The minimum atomic E-state index is -3.14. The van der Waals surface area contributed by atoms with Crippen LogP contribution in [0.15, 0.2) is 77.6 Å². The molecule has 15 heteroatoms. The first-order valence-electron chi connectivity index (χ1n) is 25.2. The van der Waals surface area contributed by atoms with Crippen molar-refractivity contribution in [1.29, 1.82) is 0 Å². The summed E-state index contributed by atoms with van der Waals surface area (Å²) in [6.45, 7) is 30.8. The fraction of sp³-hybridized carbons (Fsp3) is 0.474. The first-order chi connectivity index (χ1) is 34.1. The van der Waals surface area contributed by atoms with Gasteiger partial charge in [-0.2, -0.15) is 13.9 Å². The highest BCUT2D eigenvalue weighted by atomic mass is 19.3. The highest BCUT2D eigenvalue weighted by Gasteiger charge is 2.67. The maximum atomic E-state index is 14.4. The third kappa shape index (κ3) is 13.8. The number of ketones is 1. The van der Waals surface area contributed by atoms with Gasteiger partial charge in [-0.25, -0.2) is 27.4 Å². The van der Waals surface area contributed by atoms with Crippen LogP contribution in [0.4, 0.5) is 32.0 Å². The number of aromatic nitrogens is 4. The van der Waals surface area contributed by atoms with Gasteiger partial charge >= 0.3 is 0 Å². The number of carbonyl (C=O) groups is 1. The van der Waals surface area contributed by atoms with Gasteiger partial charge in [0.25, 0.3) is 17.9 Å². The Morgan fingerprint density at radius 2 is 1.46 bits per heavy atom. The van der Waals surface area contributed by atoms with Crippen LogP contribution in [0.5, 0.6) is 0 Å². The Hall–Kier alpha value is -5.80. The highest BCUT2D eigenvalue weighted by molar-refractivity contribution is 5.84. The minimum absolute atomic E-state index is 0.0184. The van der Waals surface area contributed by atoms with Crippen LogP contribution in [-0.4, -0.2) is 36.4 Å². The topological polar surface area (TPSA) is 102 Å². The summed E-state index contributed by atoms with van der Waals surface area (Å²) < 4.78 is 84.4. The second-order valence-electron chi connectivity index (χ2n) is 17.9. The molecule has 0 saturated heterocycles. The smallest absolute Gasteiger partial charge is 0.293 e. The lowest BCUT2D eigenvalue weighted by molar-refractivity contribution is -0.118. The van der Waals surface area contributed by atoms with E-state index < -0.39 is 53.0 Å². The third-order valence-electron chi connectivity index (χ3n) is 11.9. The van der Waals surface area contributed by atoms with E-state index in [2.05, 4.69) is 18.9 Å². The maximum absolute atomic E-state index is 14.4. The number of alkyl halides is 4. The van der Waals surface area contributed by atoms with E-state index in [4.69, 9.17) is 9.82 Å². The third-order valence-corrected chi connectivity index (χ3v) is 11.9. The second-order valence-corrected chi connectivity index (χ2v) is 17.9. The molecule has 1 N–H and O–H groups in total.